The van der Waals surface area contributed by atoms with Crippen molar-refractivity contribution >= 4 is 11.6 Å². The zero-order valence-corrected chi connectivity index (χ0v) is 11.1. The average Bonchev–Trinajstić information content (AvgIpc) is 2.28. The summed E-state index contributed by atoms with van der Waals surface area (Å²) in [5.74, 6) is 0.407. The van der Waals surface area contributed by atoms with Gasteiger partial charge in [0.1, 0.15) is 5.82 Å². The zero-order chi connectivity index (χ0) is 12.7. The first-order valence-corrected chi connectivity index (χ1v) is 6.24. The molecule has 0 heterocycles. The Morgan fingerprint density at radius 3 is 2.82 bits per heavy atom. The molecular weight excluding hydrogens is 241 g/mol. The van der Waals surface area contributed by atoms with Crippen LogP contribution in [0.25, 0.3) is 0 Å². The van der Waals surface area contributed by atoms with Crippen molar-refractivity contribution in [3.05, 3.63) is 35.1 Å². The fourth-order valence-electron chi connectivity index (χ4n) is 1.69. The van der Waals surface area contributed by atoms with Crippen LogP contribution in [-0.4, -0.2) is 25.6 Å². The minimum atomic E-state index is -0.194. The molecule has 1 aromatic carbocycles. The number of rotatable bonds is 7. The summed E-state index contributed by atoms with van der Waals surface area (Å²) >= 11 is 5.72. The fourth-order valence-corrected chi connectivity index (χ4v) is 1.95. The molecule has 0 aliphatic rings. The van der Waals surface area contributed by atoms with Gasteiger partial charge in [0.2, 0.25) is 0 Å². The minimum absolute atomic E-state index is 0.194. The molecule has 0 bridgehead atoms. The number of hydrogen-bond acceptors (Lipinski definition) is 2. The predicted molar refractivity (Wildman–Crippen MR) is 69.0 cm³/mol. The van der Waals surface area contributed by atoms with Crippen LogP contribution in [-0.2, 0) is 11.3 Å². The number of benzene rings is 1. The lowest BCUT2D eigenvalue weighted by Gasteiger charge is -2.17. The SMILES string of the molecule is COCC(CCCl)NCc1ccc(F)cc1C. The topological polar surface area (TPSA) is 21.3 Å². The van der Waals surface area contributed by atoms with Gasteiger partial charge in [-0.25, -0.2) is 4.39 Å². The van der Waals surface area contributed by atoms with Crippen molar-refractivity contribution in [2.24, 2.45) is 0 Å². The predicted octanol–water partition coefficient (Wildman–Crippen LogP) is 2.87. The van der Waals surface area contributed by atoms with Crippen molar-refractivity contribution < 1.29 is 9.13 Å². The van der Waals surface area contributed by atoms with E-state index in [2.05, 4.69) is 5.32 Å². The number of nitrogens with one attached hydrogen (secondary N) is 1. The van der Waals surface area contributed by atoms with Crippen molar-refractivity contribution in [3.63, 3.8) is 0 Å². The Balaban J connectivity index is 2.52. The maximum Gasteiger partial charge on any atom is 0.123 e. The highest BCUT2D eigenvalue weighted by atomic mass is 35.5. The van der Waals surface area contributed by atoms with Gasteiger partial charge < -0.3 is 10.1 Å². The van der Waals surface area contributed by atoms with Crippen LogP contribution in [0.3, 0.4) is 0 Å². The molecule has 0 radical (unpaired) electrons. The van der Waals surface area contributed by atoms with Crippen LogP contribution in [0, 0.1) is 12.7 Å². The second-order valence-corrected chi connectivity index (χ2v) is 4.46. The molecule has 0 aliphatic heterocycles. The van der Waals surface area contributed by atoms with Crippen LogP contribution < -0.4 is 5.32 Å². The number of ether oxygens (including phenoxy) is 1. The Labute approximate surface area is 107 Å². The van der Waals surface area contributed by atoms with E-state index in [0.717, 1.165) is 17.5 Å². The number of alkyl halides is 1. The van der Waals surface area contributed by atoms with Crippen LogP contribution in [0.2, 0.25) is 0 Å². The van der Waals surface area contributed by atoms with Gasteiger partial charge in [-0.3, -0.25) is 0 Å². The molecule has 0 spiro atoms. The molecule has 4 heteroatoms. The molecule has 1 unspecified atom stereocenters. The van der Waals surface area contributed by atoms with Crippen LogP contribution in [0.1, 0.15) is 17.5 Å². The monoisotopic (exact) mass is 259 g/mol. The minimum Gasteiger partial charge on any atom is -0.383 e. The third-order valence-electron chi connectivity index (χ3n) is 2.71. The number of aryl methyl sites for hydroxylation is 1. The molecule has 0 aliphatic carbocycles. The smallest absolute Gasteiger partial charge is 0.123 e. The third-order valence-corrected chi connectivity index (χ3v) is 2.93. The fraction of sp³-hybridized carbons (Fsp3) is 0.538. The van der Waals surface area contributed by atoms with E-state index in [1.165, 1.54) is 6.07 Å². The van der Waals surface area contributed by atoms with Gasteiger partial charge in [0.05, 0.1) is 6.61 Å². The molecule has 0 saturated carbocycles. The van der Waals surface area contributed by atoms with E-state index in [9.17, 15) is 4.39 Å². The summed E-state index contributed by atoms with van der Waals surface area (Å²) < 4.78 is 18.0. The van der Waals surface area contributed by atoms with Gasteiger partial charge in [-0.1, -0.05) is 6.07 Å². The maximum atomic E-state index is 12.9. The normalized spacial score (nSPS) is 12.7. The lowest BCUT2D eigenvalue weighted by Crippen LogP contribution is -2.33. The Morgan fingerprint density at radius 1 is 1.47 bits per heavy atom. The summed E-state index contributed by atoms with van der Waals surface area (Å²) in [6.45, 7) is 3.25. The first-order chi connectivity index (χ1) is 8.17. The molecular formula is C13H19ClFNO. The highest BCUT2D eigenvalue weighted by molar-refractivity contribution is 6.17. The van der Waals surface area contributed by atoms with Gasteiger partial charge in [-0.15, -0.1) is 11.6 Å². The lowest BCUT2D eigenvalue weighted by atomic mass is 10.1. The number of hydrogen-bond donors (Lipinski definition) is 1. The summed E-state index contributed by atoms with van der Waals surface area (Å²) in [5, 5.41) is 3.37. The molecule has 0 amide bonds. The molecule has 0 aromatic heterocycles. The van der Waals surface area contributed by atoms with E-state index in [0.29, 0.717) is 19.0 Å². The lowest BCUT2D eigenvalue weighted by molar-refractivity contribution is 0.164. The molecule has 2 nitrogen and oxygen atoms in total. The Kier molecular flexibility index (Phi) is 6.48. The van der Waals surface area contributed by atoms with E-state index in [4.69, 9.17) is 16.3 Å². The van der Waals surface area contributed by atoms with E-state index >= 15 is 0 Å². The Hall–Kier alpha value is -0.640. The Morgan fingerprint density at radius 2 is 2.24 bits per heavy atom. The number of halogens is 2. The van der Waals surface area contributed by atoms with Crippen LogP contribution in [0.15, 0.2) is 18.2 Å². The van der Waals surface area contributed by atoms with Crippen molar-refractivity contribution in [1.82, 2.24) is 5.32 Å². The van der Waals surface area contributed by atoms with Crippen LogP contribution in [0.5, 0.6) is 0 Å². The molecule has 1 aromatic rings. The van der Waals surface area contributed by atoms with Gasteiger partial charge in [0.15, 0.2) is 0 Å². The molecule has 0 fully saturated rings. The summed E-state index contributed by atoms with van der Waals surface area (Å²) in [6, 6.07) is 5.07. The quantitative estimate of drug-likeness (QED) is 0.761. The standard InChI is InChI=1S/C13H19ClFNO/c1-10-7-12(15)4-3-11(10)8-16-13(5-6-14)9-17-2/h3-4,7,13,16H,5-6,8-9H2,1-2H3. The second-order valence-electron chi connectivity index (χ2n) is 4.08. The molecule has 1 N–H and O–H groups in total. The van der Waals surface area contributed by atoms with Gasteiger partial charge in [0.25, 0.3) is 0 Å². The average molecular weight is 260 g/mol. The van der Waals surface area contributed by atoms with Crippen molar-refractivity contribution in [2.45, 2.75) is 25.9 Å². The second kappa shape index (κ2) is 7.64. The molecule has 0 saturated heterocycles. The molecule has 1 rings (SSSR count). The van der Waals surface area contributed by atoms with E-state index < -0.39 is 0 Å². The summed E-state index contributed by atoms with van der Waals surface area (Å²) in [5.41, 5.74) is 2.06. The van der Waals surface area contributed by atoms with Gasteiger partial charge >= 0.3 is 0 Å². The van der Waals surface area contributed by atoms with Crippen LogP contribution >= 0.6 is 11.6 Å². The zero-order valence-electron chi connectivity index (χ0n) is 10.3. The van der Waals surface area contributed by atoms with Crippen molar-refractivity contribution in [1.29, 1.82) is 0 Å². The van der Waals surface area contributed by atoms with E-state index in [1.54, 1.807) is 13.2 Å². The maximum absolute atomic E-state index is 12.9. The largest absolute Gasteiger partial charge is 0.383 e. The van der Waals surface area contributed by atoms with Gasteiger partial charge in [0, 0.05) is 25.6 Å². The first-order valence-electron chi connectivity index (χ1n) is 5.70. The summed E-state index contributed by atoms with van der Waals surface area (Å²) in [6.07, 6.45) is 0.857. The summed E-state index contributed by atoms with van der Waals surface area (Å²) in [7, 11) is 1.67. The Bertz CT molecular complexity index is 340. The van der Waals surface area contributed by atoms with E-state index in [-0.39, 0.29) is 11.9 Å². The van der Waals surface area contributed by atoms with Gasteiger partial charge in [-0.2, -0.15) is 0 Å². The molecule has 96 valence electrons. The molecule has 17 heavy (non-hydrogen) atoms. The first kappa shape index (κ1) is 14.4. The van der Waals surface area contributed by atoms with Crippen molar-refractivity contribution in [3.8, 4) is 0 Å². The highest BCUT2D eigenvalue weighted by Gasteiger charge is 2.08. The third kappa shape index (κ3) is 5.02. The van der Waals surface area contributed by atoms with Crippen molar-refractivity contribution in [2.75, 3.05) is 19.6 Å². The van der Waals surface area contributed by atoms with E-state index in [1.807, 2.05) is 13.0 Å². The summed E-state index contributed by atoms with van der Waals surface area (Å²) in [4.78, 5) is 0. The highest BCUT2D eigenvalue weighted by Crippen LogP contribution is 2.10. The van der Waals surface area contributed by atoms with Gasteiger partial charge in [-0.05, 0) is 36.6 Å². The molecule has 1 atom stereocenters. The number of methoxy groups -OCH3 is 1. The van der Waals surface area contributed by atoms with Crippen LogP contribution in [0.4, 0.5) is 4.39 Å².